The van der Waals surface area contributed by atoms with Crippen molar-refractivity contribution in [2.75, 3.05) is 23.7 Å². The first kappa shape index (κ1) is 21.0. The molecule has 3 amide bonds. The Hall–Kier alpha value is -2.67. The van der Waals surface area contributed by atoms with Crippen molar-refractivity contribution in [1.82, 2.24) is 4.90 Å². The number of rotatable bonds is 4. The van der Waals surface area contributed by atoms with Crippen molar-refractivity contribution in [3.8, 4) is 0 Å². The van der Waals surface area contributed by atoms with Gasteiger partial charge < -0.3 is 15.5 Å². The molecule has 0 saturated carbocycles. The van der Waals surface area contributed by atoms with Crippen molar-refractivity contribution >= 4 is 40.4 Å². The van der Waals surface area contributed by atoms with Crippen molar-refractivity contribution in [2.24, 2.45) is 11.3 Å². The maximum Gasteiger partial charge on any atom is 0.265 e. The molecular weight excluding hydrogens is 386 g/mol. The number of carbonyl (C=O) groups is 3. The van der Waals surface area contributed by atoms with E-state index in [2.05, 4.69) is 10.6 Å². The van der Waals surface area contributed by atoms with Gasteiger partial charge in [0.1, 0.15) is 0 Å². The fourth-order valence-corrected chi connectivity index (χ4v) is 3.99. The molecule has 2 aromatic rings. The second-order valence-corrected chi connectivity index (χ2v) is 9.29. The Balaban J connectivity index is 1.61. The molecule has 0 spiro atoms. The van der Waals surface area contributed by atoms with E-state index in [0.29, 0.717) is 29.3 Å². The van der Waals surface area contributed by atoms with Crippen LogP contribution in [0, 0.1) is 11.3 Å². The molecule has 1 fully saturated rings. The smallest absolute Gasteiger partial charge is 0.265 e. The molecule has 1 aliphatic heterocycles. The summed E-state index contributed by atoms with van der Waals surface area (Å²) in [6.07, 6.45) is 1.57. The standard InChI is InChI=1S/C22H27N3O3S/c1-22(2,3)21(28)25-11-5-7-15(14-25)19(26)23-16-8-4-9-17(13-16)24-20(27)18-10-6-12-29-18/h4,6,8-10,12-13,15H,5,7,11,14H2,1-3H3,(H,23,26)(H,24,27). The Morgan fingerprint density at radius 1 is 1.07 bits per heavy atom. The molecule has 6 nitrogen and oxygen atoms in total. The van der Waals surface area contributed by atoms with Gasteiger partial charge in [0.15, 0.2) is 0 Å². The van der Waals surface area contributed by atoms with Gasteiger partial charge >= 0.3 is 0 Å². The second-order valence-electron chi connectivity index (χ2n) is 8.34. The third-order valence-electron chi connectivity index (χ3n) is 4.85. The minimum atomic E-state index is -0.451. The monoisotopic (exact) mass is 413 g/mol. The highest BCUT2D eigenvalue weighted by Gasteiger charge is 2.33. The van der Waals surface area contributed by atoms with Gasteiger partial charge in [-0.2, -0.15) is 0 Å². The maximum absolute atomic E-state index is 12.8. The van der Waals surface area contributed by atoms with E-state index in [9.17, 15) is 14.4 Å². The lowest BCUT2D eigenvalue weighted by molar-refractivity contribution is -0.142. The molecule has 1 saturated heterocycles. The van der Waals surface area contributed by atoms with Gasteiger partial charge in [-0.15, -0.1) is 11.3 Å². The highest BCUT2D eigenvalue weighted by Crippen LogP contribution is 2.25. The minimum absolute atomic E-state index is 0.0771. The summed E-state index contributed by atoms with van der Waals surface area (Å²) in [6, 6.07) is 10.7. The van der Waals surface area contributed by atoms with Crippen LogP contribution in [-0.4, -0.2) is 35.7 Å². The lowest BCUT2D eigenvalue weighted by Crippen LogP contribution is -2.47. The quantitative estimate of drug-likeness (QED) is 0.788. The molecular formula is C22H27N3O3S. The van der Waals surface area contributed by atoms with Crippen molar-refractivity contribution in [2.45, 2.75) is 33.6 Å². The molecule has 1 unspecified atom stereocenters. The van der Waals surface area contributed by atoms with Gasteiger partial charge in [-0.1, -0.05) is 32.9 Å². The number of likely N-dealkylation sites (tertiary alicyclic amines) is 1. The molecule has 2 N–H and O–H groups in total. The molecule has 3 rings (SSSR count). The molecule has 0 radical (unpaired) electrons. The van der Waals surface area contributed by atoms with Gasteiger partial charge in [0.05, 0.1) is 10.8 Å². The lowest BCUT2D eigenvalue weighted by atomic mass is 9.91. The third-order valence-corrected chi connectivity index (χ3v) is 5.72. The number of nitrogens with zero attached hydrogens (tertiary/aromatic N) is 1. The van der Waals surface area contributed by atoms with E-state index in [1.165, 1.54) is 11.3 Å². The lowest BCUT2D eigenvalue weighted by Gasteiger charge is -2.35. The van der Waals surface area contributed by atoms with Crippen molar-refractivity contribution in [3.63, 3.8) is 0 Å². The number of nitrogens with one attached hydrogen (secondary N) is 2. The SMILES string of the molecule is CC(C)(C)C(=O)N1CCCC(C(=O)Nc2cccc(NC(=O)c3cccs3)c2)C1. The number of piperidine rings is 1. The van der Waals surface area contributed by atoms with Crippen molar-refractivity contribution in [3.05, 3.63) is 46.7 Å². The van der Waals surface area contributed by atoms with E-state index >= 15 is 0 Å². The number of anilines is 2. The van der Waals surface area contributed by atoms with Crippen LogP contribution in [0.2, 0.25) is 0 Å². The van der Waals surface area contributed by atoms with Gasteiger partial charge in [-0.25, -0.2) is 0 Å². The van der Waals surface area contributed by atoms with Crippen LogP contribution in [0.15, 0.2) is 41.8 Å². The first-order valence-corrected chi connectivity index (χ1v) is 10.7. The Labute approximate surface area is 175 Å². The van der Waals surface area contributed by atoms with Crippen LogP contribution in [-0.2, 0) is 9.59 Å². The van der Waals surface area contributed by atoms with E-state index in [4.69, 9.17) is 0 Å². The summed E-state index contributed by atoms with van der Waals surface area (Å²) in [7, 11) is 0. The molecule has 2 heterocycles. The zero-order valence-electron chi connectivity index (χ0n) is 17.0. The molecule has 1 atom stereocenters. The van der Waals surface area contributed by atoms with Gasteiger partial charge in [0.25, 0.3) is 5.91 Å². The van der Waals surface area contributed by atoms with Crippen LogP contribution in [0.5, 0.6) is 0 Å². The Bertz CT molecular complexity index is 887. The zero-order valence-corrected chi connectivity index (χ0v) is 17.8. The van der Waals surface area contributed by atoms with Crippen molar-refractivity contribution < 1.29 is 14.4 Å². The maximum atomic E-state index is 12.8. The molecule has 29 heavy (non-hydrogen) atoms. The first-order chi connectivity index (χ1) is 13.7. The van der Waals surface area contributed by atoms with Gasteiger partial charge in [0, 0.05) is 29.9 Å². The summed E-state index contributed by atoms with van der Waals surface area (Å²) < 4.78 is 0. The molecule has 154 valence electrons. The fraction of sp³-hybridized carbons (Fsp3) is 0.409. The summed E-state index contributed by atoms with van der Waals surface area (Å²) in [4.78, 5) is 40.0. The highest BCUT2D eigenvalue weighted by molar-refractivity contribution is 7.12. The predicted octanol–water partition coefficient (Wildman–Crippen LogP) is 4.22. The Kier molecular flexibility index (Phi) is 6.37. The minimum Gasteiger partial charge on any atom is -0.341 e. The summed E-state index contributed by atoms with van der Waals surface area (Å²) in [6.45, 7) is 6.83. The highest BCUT2D eigenvalue weighted by atomic mass is 32.1. The third kappa shape index (κ3) is 5.44. The summed E-state index contributed by atoms with van der Waals surface area (Å²) in [5, 5.41) is 7.63. The number of hydrogen-bond acceptors (Lipinski definition) is 4. The van der Waals surface area contributed by atoms with Crippen LogP contribution < -0.4 is 10.6 Å². The largest absolute Gasteiger partial charge is 0.341 e. The molecule has 1 aromatic heterocycles. The summed E-state index contributed by atoms with van der Waals surface area (Å²) in [5.74, 6) is -0.432. The summed E-state index contributed by atoms with van der Waals surface area (Å²) in [5.41, 5.74) is 0.792. The Morgan fingerprint density at radius 3 is 2.45 bits per heavy atom. The van der Waals surface area contributed by atoms with E-state index in [0.717, 1.165) is 12.8 Å². The topological polar surface area (TPSA) is 78.5 Å². The Morgan fingerprint density at radius 2 is 1.79 bits per heavy atom. The van der Waals surface area contributed by atoms with E-state index < -0.39 is 5.41 Å². The molecule has 1 aromatic carbocycles. The number of thiophene rings is 1. The zero-order chi connectivity index (χ0) is 21.0. The fourth-order valence-electron chi connectivity index (χ4n) is 3.37. The van der Waals surface area contributed by atoms with Crippen LogP contribution in [0.4, 0.5) is 11.4 Å². The number of benzene rings is 1. The second kappa shape index (κ2) is 8.78. The number of hydrogen-bond donors (Lipinski definition) is 2. The predicted molar refractivity (Wildman–Crippen MR) is 116 cm³/mol. The molecule has 0 bridgehead atoms. The van der Waals surface area contributed by atoms with Gasteiger partial charge in [-0.05, 0) is 42.5 Å². The van der Waals surface area contributed by atoms with Crippen LogP contribution in [0.25, 0.3) is 0 Å². The van der Waals surface area contributed by atoms with Crippen LogP contribution in [0.1, 0.15) is 43.3 Å². The normalized spacial score (nSPS) is 16.9. The van der Waals surface area contributed by atoms with E-state index in [-0.39, 0.29) is 23.6 Å². The number of amides is 3. The van der Waals surface area contributed by atoms with Gasteiger partial charge in [0.2, 0.25) is 11.8 Å². The average molecular weight is 414 g/mol. The van der Waals surface area contributed by atoms with Crippen LogP contribution in [0.3, 0.4) is 0 Å². The number of carbonyl (C=O) groups excluding carboxylic acids is 3. The molecule has 0 aliphatic carbocycles. The van der Waals surface area contributed by atoms with E-state index in [1.807, 2.05) is 32.2 Å². The van der Waals surface area contributed by atoms with Gasteiger partial charge in [-0.3, -0.25) is 14.4 Å². The van der Waals surface area contributed by atoms with Crippen molar-refractivity contribution in [1.29, 1.82) is 0 Å². The van der Waals surface area contributed by atoms with Crippen LogP contribution >= 0.6 is 11.3 Å². The molecule has 7 heteroatoms. The molecule has 1 aliphatic rings. The average Bonchev–Trinajstić information content (AvgIpc) is 3.22. The first-order valence-electron chi connectivity index (χ1n) is 9.79. The van der Waals surface area contributed by atoms with E-state index in [1.54, 1.807) is 35.2 Å². The summed E-state index contributed by atoms with van der Waals surface area (Å²) >= 11 is 1.37.